The molecule has 156 valence electrons. The van der Waals surface area contributed by atoms with Crippen LogP contribution in [0.2, 0.25) is 0 Å². The molecular weight excluding hydrogens is 400 g/mol. The number of rotatable bonds is 6. The summed E-state index contributed by atoms with van der Waals surface area (Å²) in [4.78, 5) is 31.9. The second-order valence-corrected chi connectivity index (χ2v) is 8.26. The molecule has 1 aliphatic heterocycles. The van der Waals surface area contributed by atoms with Crippen LogP contribution in [0.5, 0.6) is 5.75 Å². The van der Waals surface area contributed by atoms with Gasteiger partial charge in [-0.25, -0.2) is 9.78 Å². The lowest BCUT2D eigenvalue weighted by molar-refractivity contribution is -0.118. The Balaban J connectivity index is 1.51. The number of aromatic nitrogens is 1. The van der Waals surface area contributed by atoms with Crippen LogP contribution in [-0.2, 0) is 11.2 Å². The lowest BCUT2D eigenvalue weighted by Gasteiger charge is -2.22. The van der Waals surface area contributed by atoms with Gasteiger partial charge in [0, 0.05) is 19.5 Å². The normalized spacial score (nSPS) is 14.5. The summed E-state index contributed by atoms with van der Waals surface area (Å²) in [5.41, 5.74) is 1.77. The number of anilines is 1. The number of nitrogens with one attached hydrogen (secondary N) is 2. The molecule has 0 aliphatic carbocycles. The summed E-state index contributed by atoms with van der Waals surface area (Å²) in [7, 11) is 1.61. The summed E-state index contributed by atoms with van der Waals surface area (Å²) in [6.45, 7) is 1.45. The van der Waals surface area contributed by atoms with E-state index in [4.69, 9.17) is 4.74 Å². The van der Waals surface area contributed by atoms with Gasteiger partial charge < -0.3 is 20.3 Å². The summed E-state index contributed by atoms with van der Waals surface area (Å²) >= 11 is 1.38. The number of hydrogen-bond acceptors (Lipinski definition) is 5. The van der Waals surface area contributed by atoms with Crippen molar-refractivity contribution < 1.29 is 14.3 Å². The van der Waals surface area contributed by atoms with Gasteiger partial charge >= 0.3 is 6.03 Å². The first kappa shape index (κ1) is 20.2. The number of fused-ring (bicyclic) bond motifs is 1. The van der Waals surface area contributed by atoms with Gasteiger partial charge in [0.25, 0.3) is 0 Å². The Morgan fingerprint density at radius 3 is 2.67 bits per heavy atom. The van der Waals surface area contributed by atoms with Crippen LogP contribution < -0.4 is 15.4 Å². The Kier molecular flexibility index (Phi) is 6.13. The maximum Gasteiger partial charge on any atom is 0.318 e. The van der Waals surface area contributed by atoms with Crippen LogP contribution in [-0.4, -0.2) is 48.1 Å². The summed E-state index contributed by atoms with van der Waals surface area (Å²) < 4.78 is 6.17. The van der Waals surface area contributed by atoms with Crippen LogP contribution >= 0.6 is 11.3 Å². The second kappa shape index (κ2) is 9.13. The predicted molar refractivity (Wildman–Crippen MR) is 118 cm³/mol. The van der Waals surface area contributed by atoms with Gasteiger partial charge in [0.05, 0.1) is 17.3 Å². The largest absolute Gasteiger partial charge is 0.497 e. The van der Waals surface area contributed by atoms with E-state index in [0.29, 0.717) is 11.6 Å². The molecule has 8 heteroatoms. The Bertz CT molecular complexity index is 1030. The third-order valence-electron chi connectivity index (χ3n) is 5.12. The summed E-state index contributed by atoms with van der Waals surface area (Å²) in [5.74, 6) is 0.460. The van der Waals surface area contributed by atoms with Crippen molar-refractivity contribution in [2.45, 2.75) is 25.3 Å². The van der Waals surface area contributed by atoms with E-state index < -0.39 is 6.04 Å². The minimum Gasteiger partial charge on any atom is -0.497 e. The number of carbonyl (C=O) groups is 2. The average molecular weight is 425 g/mol. The molecule has 1 aromatic heterocycles. The van der Waals surface area contributed by atoms with E-state index in [1.54, 1.807) is 12.0 Å². The molecule has 4 rings (SSSR count). The lowest BCUT2D eigenvalue weighted by atomic mass is 10.1. The van der Waals surface area contributed by atoms with Crippen LogP contribution in [0, 0.1) is 0 Å². The fraction of sp³-hybridized carbons (Fsp3) is 0.318. The minimum atomic E-state index is -0.693. The Labute approximate surface area is 179 Å². The van der Waals surface area contributed by atoms with Crippen molar-refractivity contribution in [1.82, 2.24) is 15.2 Å². The number of carbonyl (C=O) groups excluding carboxylic acids is 2. The Hall–Kier alpha value is -3.13. The Morgan fingerprint density at radius 2 is 1.93 bits per heavy atom. The lowest BCUT2D eigenvalue weighted by Crippen LogP contribution is -2.49. The zero-order valence-electron chi connectivity index (χ0n) is 16.8. The number of methoxy groups -OCH3 is 1. The van der Waals surface area contributed by atoms with E-state index in [2.05, 4.69) is 15.6 Å². The van der Waals surface area contributed by atoms with Crippen molar-refractivity contribution in [3.63, 3.8) is 0 Å². The van der Waals surface area contributed by atoms with Crippen molar-refractivity contribution in [3.05, 3.63) is 54.1 Å². The first-order chi connectivity index (χ1) is 14.6. The third kappa shape index (κ3) is 4.71. The monoisotopic (exact) mass is 424 g/mol. The molecular formula is C22H24N4O3S. The highest BCUT2D eigenvalue weighted by Crippen LogP contribution is 2.29. The zero-order chi connectivity index (χ0) is 20.9. The average Bonchev–Trinajstić information content (AvgIpc) is 3.43. The number of amides is 3. The molecule has 3 amide bonds. The van der Waals surface area contributed by atoms with Gasteiger partial charge in [0.15, 0.2) is 5.13 Å². The van der Waals surface area contributed by atoms with Gasteiger partial charge in [-0.3, -0.25) is 4.79 Å². The number of ether oxygens (including phenoxy) is 1. The van der Waals surface area contributed by atoms with E-state index in [1.807, 2.05) is 48.5 Å². The van der Waals surface area contributed by atoms with Gasteiger partial charge in [-0.05, 0) is 36.6 Å². The number of likely N-dealkylation sites (tertiary alicyclic amines) is 1. The maximum atomic E-state index is 13.1. The molecule has 2 heterocycles. The van der Waals surface area contributed by atoms with Gasteiger partial charge in [-0.2, -0.15) is 0 Å². The standard InChI is InChI=1S/C22H24N4O3S/c1-29-16-9-10-17-19(14-16)30-21(23-17)25-20(27)18(13-15-7-3-2-4-8-15)24-22(28)26-11-5-6-12-26/h2-4,7-10,14,18H,5-6,11-13H2,1H3,(H,24,28)(H,23,25,27)/t18-/m0/s1. The SMILES string of the molecule is COc1ccc2nc(NC(=O)[C@H](Cc3ccccc3)NC(=O)N3CCCC3)sc2c1. The molecule has 2 aromatic carbocycles. The zero-order valence-corrected chi connectivity index (χ0v) is 17.6. The fourth-order valence-corrected chi connectivity index (χ4v) is 4.39. The molecule has 0 saturated carbocycles. The van der Waals surface area contributed by atoms with Crippen LogP contribution in [0.1, 0.15) is 18.4 Å². The van der Waals surface area contributed by atoms with Crippen molar-refractivity contribution >= 4 is 38.6 Å². The van der Waals surface area contributed by atoms with Gasteiger partial charge in [-0.15, -0.1) is 0 Å². The molecule has 0 radical (unpaired) electrons. The van der Waals surface area contributed by atoms with E-state index in [9.17, 15) is 9.59 Å². The first-order valence-electron chi connectivity index (χ1n) is 9.97. The van der Waals surface area contributed by atoms with Crippen molar-refractivity contribution in [2.24, 2.45) is 0 Å². The smallest absolute Gasteiger partial charge is 0.318 e. The second-order valence-electron chi connectivity index (χ2n) is 7.23. The first-order valence-corrected chi connectivity index (χ1v) is 10.8. The van der Waals surface area contributed by atoms with E-state index in [-0.39, 0.29) is 11.9 Å². The van der Waals surface area contributed by atoms with E-state index >= 15 is 0 Å². The van der Waals surface area contributed by atoms with E-state index in [1.165, 1.54) is 11.3 Å². The molecule has 0 unspecified atom stereocenters. The molecule has 1 saturated heterocycles. The van der Waals surface area contributed by atoms with Crippen LogP contribution in [0.15, 0.2) is 48.5 Å². The molecule has 0 bridgehead atoms. The van der Waals surface area contributed by atoms with E-state index in [0.717, 1.165) is 47.5 Å². The molecule has 7 nitrogen and oxygen atoms in total. The minimum absolute atomic E-state index is 0.197. The van der Waals surface area contributed by atoms with Crippen molar-refractivity contribution in [2.75, 3.05) is 25.5 Å². The summed E-state index contributed by atoms with van der Waals surface area (Å²) in [6.07, 6.45) is 2.40. The van der Waals surface area contributed by atoms with Crippen molar-refractivity contribution in [1.29, 1.82) is 0 Å². The number of benzene rings is 2. The number of nitrogens with zero attached hydrogens (tertiary/aromatic N) is 2. The van der Waals surface area contributed by atoms with Crippen molar-refractivity contribution in [3.8, 4) is 5.75 Å². The highest BCUT2D eigenvalue weighted by molar-refractivity contribution is 7.22. The van der Waals surface area contributed by atoms with Gasteiger partial charge in [0.2, 0.25) is 5.91 Å². The van der Waals surface area contributed by atoms with Crippen LogP contribution in [0.4, 0.5) is 9.93 Å². The molecule has 2 N–H and O–H groups in total. The third-order valence-corrected chi connectivity index (χ3v) is 6.05. The number of thiazole rings is 1. The topological polar surface area (TPSA) is 83.6 Å². The van der Waals surface area contributed by atoms with Gasteiger partial charge in [0.1, 0.15) is 11.8 Å². The quantitative estimate of drug-likeness (QED) is 0.633. The molecule has 1 atom stereocenters. The Morgan fingerprint density at radius 1 is 1.17 bits per heavy atom. The summed E-state index contributed by atoms with van der Waals surface area (Å²) in [5, 5.41) is 6.29. The predicted octanol–water partition coefficient (Wildman–Crippen LogP) is 3.66. The molecule has 1 fully saturated rings. The van der Waals surface area contributed by atoms with Crippen LogP contribution in [0.3, 0.4) is 0 Å². The number of hydrogen-bond donors (Lipinski definition) is 2. The van der Waals surface area contributed by atoms with Gasteiger partial charge in [-0.1, -0.05) is 41.7 Å². The summed E-state index contributed by atoms with van der Waals surface area (Å²) in [6, 6.07) is 14.4. The van der Waals surface area contributed by atoms with Crippen LogP contribution in [0.25, 0.3) is 10.2 Å². The molecule has 30 heavy (non-hydrogen) atoms. The maximum absolute atomic E-state index is 13.1. The number of urea groups is 1. The highest BCUT2D eigenvalue weighted by atomic mass is 32.1. The molecule has 0 spiro atoms. The fourth-order valence-electron chi connectivity index (χ4n) is 3.50. The molecule has 3 aromatic rings. The highest BCUT2D eigenvalue weighted by Gasteiger charge is 2.26. The molecule has 1 aliphatic rings.